The first-order valence-corrected chi connectivity index (χ1v) is 4.01. The van der Waals surface area contributed by atoms with Gasteiger partial charge in [0.1, 0.15) is 6.61 Å². The summed E-state index contributed by atoms with van der Waals surface area (Å²) in [4.78, 5) is 0. The van der Waals surface area contributed by atoms with Gasteiger partial charge in [-0.1, -0.05) is 13.8 Å². The van der Waals surface area contributed by atoms with Crippen LogP contribution in [0.3, 0.4) is 0 Å². The highest BCUT2D eigenvalue weighted by Gasteiger charge is 2.36. The second-order valence-electron chi connectivity index (χ2n) is 3.49. The van der Waals surface area contributed by atoms with E-state index in [2.05, 4.69) is 0 Å². The fourth-order valence-electron chi connectivity index (χ4n) is 1.26. The number of ether oxygens (including phenoxy) is 1. The first-order valence-electron chi connectivity index (χ1n) is 4.01. The maximum atomic E-state index is 12.5. The first-order chi connectivity index (χ1) is 5.01. The third-order valence-corrected chi connectivity index (χ3v) is 2.05. The normalized spacial score (nSPS) is 30.8. The minimum atomic E-state index is -2.58. The Morgan fingerprint density at radius 1 is 1.45 bits per heavy atom. The molecule has 1 fully saturated rings. The van der Waals surface area contributed by atoms with E-state index >= 15 is 0 Å². The van der Waals surface area contributed by atoms with Crippen molar-refractivity contribution in [2.45, 2.75) is 38.7 Å². The average molecular weight is 164 g/mol. The van der Waals surface area contributed by atoms with Crippen molar-refractivity contribution in [3.8, 4) is 0 Å². The van der Waals surface area contributed by atoms with E-state index in [0.29, 0.717) is 12.3 Å². The Bertz CT molecular complexity index is 124. The summed E-state index contributed by atoms with van der Waals surface area (Å²) in [6.45, 7) is 3.60. The second-order valence-corrected chi connectivity index (χ2v) is 3.49. The van der Waals surface area contributed by atoms with Crippen LogP contribution in [0.5, 0.6) is 0 Å². The quantitative estimate of drug-likeness (QED) is 0.578. The van der Waals surface area contributed by atoms with Crippen molar-refractivity contribution in [1.82, 2.24) is 0 Å². The molecule has 0 saturated carbocycles. The van der Waals surface area contributed by atoms with Crippen LogP contribution in [-0.2, 0) is 4.74 Å². The lowest BCUT2D eigenvalue weighted by atomic mass is 9.98. The molecule has 0 radical (unpaired) electrons. The van der Waals surface area contributed by atoms with E-state index < -0.39 is 12.5 Å². The van der Waals surface area contributed by atoms with Gasteiger partial charge < -0.3 is 4.74 Å². The predicted octanol–water partition coefficient (Wildman–Crippen LogP) is 2.46. The van der Waals surface area contributed by atoms with E-state index in [1.807, 2.05) is 13.8 Å². The molecule has 1 heterocycles. The summed E-state index contributed by atoms with van der Waals surface area (Å²) >= 11 is 0. The zero-order valence-electron chi connectivity index (χ0n) is 6.94. The Labute approximate surface area is 65.7 Å². The Morgan fingerprint density at radius 3 is 2.45 bits per heavy atom. The zero-order valence-corrected chi connectivity index (χ0v) is 6.94. The molecule has 0 bridgehead atoms. The Balaban J connectivity index is 2.36. The van der Waals surface area contributed by atoms with Crippen LogP contribution in [0.4, 0.5) is 8.78 Å². The number of hydrogen-bond acceptors (Lipinski definition) is 1. The summed E-state index contributed by atoms with van der Waals surface area (Å²) < 4.78 is 30.0. The lowest BCUT2D eigenvalue weighted by Gasteiger charge is -2.30. The molecule has 1 nitrogen and oxygen atoms in total. The van der Waals surface area contributed by atoms with E-state index in [1.54, 1.807) is 0 Å². The van der Waals surface area contributed by atoms with Gasteiger partial charge in [-0.3, -0.25) is 0 Å². The van der Waals surface area contributed by atoms with Crippen LogP contribution < -0.4 is 0 Å². The number of halogens is 2. The molecule has 3 heteroatoms. The Kier molecular flexibility index (Phi) is 2.47. The number of alkyl halides is 2. The number of hydrogen-bond donors (Lipinski definition) is 0. The van der Waals surface area contributed by atoms with Gasteiger partial charge in [0.15, 0.2) is 0 Å². The molecule has 0 unspecified atom stereocenters. The molecule has 0 aromatic carbocycles. The minimum absolute atomic E-state index is 0.0180. The van der Waals surface area contributed by atoms with Crippen LogP contribution in [0.1, 0.15) is 26.7 Å². The Hall–Kier alpha value is -0.180. The molecular formula is C8H14F2O. The fraction of sp³-hybridized carbons (Fsp3) is 1.00. The SMILES string of the molecule is CC(C)[C@H]1CCC(F)(F)CO1. The predicted molar refractivity (Wildman–Crippen MR) is 38.8 cm³/mol. The highest BCUT2D eigenvalue weighted by Crippen LogP contribution is 2.30. The van der Waals surface area contributed by atoms with Gasteiger partial charge in [-0.05, 0) is 12.3 Å². The molecule has 1 rings (SSSR count). The smallest absolute Gasteiger partial charge is 0.271 e. The van der Waals surface area contributed by atoms with Crippen LogP contribution in [0.15, 0.2) is 0 Å². The lowest BCUT2D eigenvalue weighted by molar-refractivity contribution is -0.153. The molecule has 0 aromatic heterocycles. The molecule has 66 valence electrons. The fourth-order valence-corrected chi connectivity index (χ4v) is 1.26. The molecular weight excluding hydrogens is 150 g/mol. The second kappa shape index (κ2) is 3.05. The molecule has 1 saturated heterocycles. The topological polar surface area (TPSA) is 9.23 Å². The van der Waals surface area contributed by atoms with Gasteiger partial charge in [0.05, 0.1) is 6.10 Å². The van der Waals surface area contributed by atoms with Crippen LogP contribution in [0.2, 0.25) is 0 Å². The average Bonchev–Trinajstić information content (AvgIpc) is 1.86. The molecule has 0 amide bonds. The molecule has 0 aliphatic carbocycles. The van der Waals surface area contributed by atoms with E-state index in [-0.39, 0.29) is 12.5 Å². The van der Waals surface area contributed by atoms with Crippen molar-refractivity contribution in [1.29, 1.82) is 0 Å². The van der Waals surface area contributed by atoms with Crippen molar-refractivity contribution in [3.05, 3.63) is 0 Å². The minimum Gasteiger partial charge on any atom is -0.372 e. The van der Waals surface area contributed by atoms with Gasteiger partial charge in [-0.25, -0.2) is 8.78 Å². The van der Waals surface area contributed by atoms with E-state index in [4.69, 9.17) is 4.74 Å². The first kappa shape index (κ1) is 8.91. The van der Waals surface area contributed by atoms with Crippen LogP contribution in [0.25, 0.3) is 0 Å². The molecule has 0 spiro atoms. The van der Waals surface area contributed by atoms with Gasteiger partial charge in [0.2, 0.25) is 0 Å². The maximum Gasteiger partial charge on any atom is 0.271 e. The molecule has 1 atom stereocenters. The summed E-state index contributed by atoms with van der Waals surface area (Å²) in [7, 11) is 0. The van der Waals surface area contributed by atoms with Crippen LogP contribution in [-0.4, -0.2) is 18.6 Å². The van der Waals surface area contributed by atoms with Crippen LogP contribution >= 0.6 is 0 Å². The highest BCUT2D eigenvalue weighted by atomic mass is 19.3. The van der Waals surface area contributed by atoms with Gasteiger partial charge in [0.25, 0.3) is 5.92 Å². The van der Waals surface area contributed by atoms with Crippen molar-refractivity contribution < 1.29 is 13.5 Å². The zero-order chi connectivity index (χ0) is 8.48. The summed E-state index contributed by atoms with van der Waals surface area (Å²) in [5.41, 5.74) is 0. The molecule has 0 aromatic rings. The summed E-state index contributed by atoms with van der Waals surface area (Å²) in [5, 5.41) is 0. The largest absolute Gasteiger partial charge is 0.372 e. The summed E-state index contributed by atoms with van der Waals surface area (Å²) in [6.07, 6.45) is 0.509. The third kappa shape index (κ3) is 2.40. The van der Waals surface area contributed by atoms with E-state index in [0.717, 1.165) is 0 Å². The molecule has 1 aliphatic rings. The monoisotopic (exact) mass is 164 g/mol. The summed E-state index contributed by atoms with van der Waals surface area (Å²) in [6, 6.07) is 0. The maximum absolute atomic E-state index is 12.5. The lowest BCUT2D eigenvalue weighted by Crippen LogP contribution is -2.36. The molecule has 1 aliphatic heterocycles. The van der Waals surface area contributed by atoms with Gasteiger partial charge in [-0.2, -0.15) is 0 Å². The van der Waals surface area contributed by atoms with Crippen molar-refractivity contribution >= 4 is 0 Å². The Morgan fingerprint density at radius 2 is 2.09 bits per heavy atom. The van der Waals surface area contributed by atoms with Crippen LogP contribution in [0, 0.1) is 5.92 Å². The van der Waals surface area contributed by atoms with Crippen molar-refractivity contribution in [2.75, 3.05) is 6.61 Å². The van der Waals surface area contributed by atoms with Gasteiger partial charge >= 0.3 is 0 Å². The van der Waals surface area contributed by atoms with E-state index in [9.17, 15) is 8.78 Å². The molecule has 0 N–H and O–H groups in total. The third-order valence-electron chi connectivity index (χ3n) is 2.05. The van der Waals surface area contributed by atoms with Gasteiger partial charge in [0, 0.05) is 6.42 Å². The standard InChI is InChI=1S/C8H14F2O/c1-6(2)7-3-4-8(9,10)5-11-7/h6-7H,3-5H2,1-2H3/t7-/m1/s1. The summed E-state index contributed by atoms with van der Waals surface area (Å²) in [5.74, 6) is -2.23. The van der Waals surface area contributed by atoms with Crippen molar-refractivity contribution in [2.24, 2.45) is 5.92 Å². The van der Waals surface area contributed by atoms with Crippen molar-refractivity contribution in [3.63, 3.8) is 0 Å². The molecule has 11 heavy (non-hydrogen) atoms. The highest BCUT2D eigenvalue weighted by molar-refractivity contribution is 4.76. The van der Waals surface area contributed by atoms with E-state index in [1.165, 1.54) is 0 Å². The van der Waals surface area contributed by atoms with Gasteiger partial charge in [-0.15, -0.1) is 0 Å². The number of rotatable bonds is 1.